The minimum Gasteiger partial charge on any atom is -0.314 e. The Morgan fingerprint density at radius 1 is 1.04 bits per heavy atom. The Morgan fingerprint density at radius 2 is 1.61 bits per heavy atom. The van der Waals surface area contributed by atoms with E-state index in [1.54, 1.807) is 0 Å². The predicted molar refractivity (Wildman–Crippen MR) is 82.4 cm³/mol. The first-order valence-electron chi connectivity index (χ1n) is 8.59. The number of rotatable bonds is 4. The molecular formula is C17H25N4O2+. The minimum atomic E-state index is -1.32. The Balaban J connectivity index is 2.21. The third-order valence-corrected chi connectivity index (χ3v) is 6.12. The number of nitrogens with one attached hydrogen (secondary N) is 1. The van der Waals surface area contributed by atoms with E-state index in [4.69, 9.17) is 15.2 Å². The van der Waals surface area contributed by atoms with Crippen LogP contribution >= 0.6 is 0 Å². The average Bonchev–Trinajstić information content (AvgIpc) is 3.10. The molecule has 0 unspecified atom stereocenters. The van der Waals surface area contributed by atoms with Crippen molar-refractivity contribution < 1.29 is 14.5 Å². The van der Waals surface area contributed by atoms with Crippen LogP contribution in [0.4, 0.5) is 0 Å². The minimum absolute atomic E-state index is 0.338. The third kappa shape index (κ3) is 1.47. The Labute approximate surface area is 137 Å². The van der Waals surface area contributed by atoms with Crippen LogP contribution in [0.2, 0.25) is 0 Å². The number of hydrogen-bond acceptors (Lipinski definition) is 5. The number of nitrogens with two attached hydrogens (primary N) is 1. The van der Waals surface area contributed by atoms with E-state index in [9.17, 15) is 10.5 Å². The maximum Gasteiger partial charge on any atom is 0.343 e. The molecule has 2 atom stereocenters. The molecule has 0 amide bonds. The zero-order chi connectivity index (χ0) is 16.8. The standard InChI is InChI=1S/C17H24N4O2/c1-3-22-17(23-4-2)16(12-19)14(9-7-5-6-8-10-14)15(16,11-18)13(20)21-17/h3-10H2,1-2H3,(H2,20,21)/p+1/t15-,16+/m1/s1. The monoisotopic (exact) mass is 317 g/mol. The summed E-state index contributed by atoms with van der Waals surface area (Å²) in [6.45, 7) is 4.47. The first-order valence-corrected chi connectivity index (χ1v) is 8.59. The van der Waals surface area contributed by atoms with E-state index < -0.39 is 22.2 Å². The quantitative estimate of drug-likeness (QED) is 0.736. The van der Waals surface area contributed by atoms with Gasteiger partial charge in [-0.1, -0.05) is 25.7 Å². The molecule has 1 heterocycles. The van der Waals surface area contributed by atoms with E-state index in [0.717, 1.165) is 38.5 Å². The van der Waals surface area contributed by atoms with Crippen molar-refractivity contribution in [2.24, 2.45) is 22.0 Å². The fraction of sp³-hybridized carbons (Fsp3) is 0.824. The largest absolute Gasteiger partial charge is 0.343 e. The van der Waals surface area contributed by atoms with Crippen LogP contribution in [0.25, 0.3) is 0 Å². The molecule has 6 heteroatoms. The van der Waals surface area contributed by atoms with Crippen LogP contribution in [-0.4, -0.2) is 25.0 Å². The predicted octanol–water partition coefficient (Wildman–Crippen LogP) is 0.539. The smallest absolute Gasteiger partial charge is 0.314 e. The van der Waals surface area contributed by atoms with Gasteiger partial charge in [-0.3, -0.25) is 5.73 Å². The van der Waals surface area contributed by atoms with Crippen LogP contribution in [0.15, 0.2) is 0 Å². The first kappa shape index (κ1) is 16.2. The van der Waals surface area contributed by atoms with E-state index in [2.05, 4.69) is 17.1 Å². The molecule has 1 aliphatic heterocycles. The molecule has 0 aromatic heterocycles. The molecule has 2 saturated carbocycles. The van der Waals surface area contributed by atoms with Gasteiger partial charge in [0, 0.05) is 5.41 Å². The molecule has 0 aromatic rings. The molecule has 3 rings (SSSR count). The van der Waals surface area contributed by atoms with E-state index in [1.165, 1.54) is 0 Å². The van der Waals surface area contributed by atoms with E-state index in [-0.39, 0.29) is 0 Å². The fourth-order valence-corrected chi connectivity index (χ4v) is 5.41. The fourth-order valence-electron chi connectivity index (χ4n) is 5.41. The highest BCUT2D eigenvalue weighted by Gasteiger charge is 3.03. The van der Waals surface area contributed by atoms with E-state index >= 15 is 0 Å². The number of ether oxygens (including phenoxy) is 2. The van der Waals surface area contributed by atoms with Gasteiger partial charge in [-0.05, 0) is 26.7 Å². The van der Waals surface area contributed by atoms with Crippen molar-refractivity contribution in [3.8, 4) is 12.1 Å². The van der Waals surface area contributed by atoms with Gasteiger partial charge in [0.25, 0.3) is 5.84 Å². The second-order valence-electron chi connectivity index (χ2n) is 6.74. The molecule has 1 spiro atoms. The molecule has 23 heavy (non-hydrogen) atoms. The number of fused-ring (bicyclic) bond motifs is 3. The second-order valence-corrected chi connectivity index (χ2v) is 6.74. The molecule has 6 nitrogen and oxygen atoms in total. The second kappa shape index (κ2) is 5.19. The molecule has 3 aliphatic rings. The van der Waals surface area contributed by atoms with Crippen molar-refractivity contribution in [1.82, 2.24) is 0 Å². The van der Waals surface area contributed by atoms with Gasteiger partial charge in [-0.15, -0.1) is 0 Å². The number of amidine groups is 1. The lowest BCUT2D eigenvalue weighted by molar-refractivity contribution is -0.695. The molecule has 0 aromatic carbocycles. The summed E-state index contributed by atoms with van der Waals surface area (Å²) >= 11 is 0. The summed E-state index contributed by atoms with van der Waals surface area (Å²) in [5.41, 5.74) is 3.71. The van der Waals surface area contributed by atoms with Crippen LogP contribution in [0.3, 0.4) is 0 Å². The van der Waals surface area contributed by atoms with Gasteiger partial charge in [-0.2, -0.15) is 10.5 Å². The molecule has 124 valence electrons. The molecule has 0 bridgehead atoms. The van der Waals surface area contributed by atoms with Gasteiger partial charge in [0.2, 0.25) is 0 Å². The summed E-state index contributed by atoms with van der Waals surface area (Å²) in [4.78, 5) is 3.05. The zero-order valence-electron chi connectivity index (χ0n) is 13.9. The number of nitrogens with zero attached hydrogens (tertiary/aromatic N) is 2. The highest BCUT2D eigenvalue weighted by Crippen LogP contribution is 2.85. The van der Waals surface area contributed by atoms with Crippen molar-refractivity contribution >= 4 is 5.84 Å². The van der Waals surface area contributed by atoms with Gasteiger partial charge in [0.1, 0.15) is 0 Å². The zero-order valence-corrected chi connectivity index (χ0v) is 13.9. The Bertz CT molecular complexity index is 603. The molecule has 2 fully saturated rings. The molecular weight excluding hydrogens is 292 g/mol. The summed E-state index contributed by atoms with van der Waals surface area (Å²) in [5, 5.41) is 20.3. The van der Waals surface area contributed by atoms with Gasteiger partial charge >= 0.3 is 5.91 Å². The summed E-state index contributed by atoms with van der Waals surface area (Å²) < 4.78 is 11.9. The molecule has 3 N–H and O–H groups in total. The summed E-state index contributed by atoms with van der Waals surface area (Å²) in [7, 11) is 0. The number of hydrogen-bond donors (Lipinski definition) is 2. The van der Waals surface area contributed by atoms with Crippen LogP contribution < -0.4 is 10.7 Å². The maximum atomic E-state index is 10.2. The highest BCUT2D eigenvalue weighted by molar-refractivity contribution is 5.95. The maximum absolute atomic E-state index is 10.2. The lowest BCUT2D eigenvalue weighted by atomic mass is 9.83. The van der Waals surface area contributed by atoms with Crippen LogP contribution in [-0.2, 0) is 9.47 Å². The van der Waals surface area contributed by atoms with Crippen molar-refractivity contribution in [3.63, 3.8) is 0 Å². The molecule has 0 radical (unpaired) electrons. The Kier molecular flexibility index (Phi) is 3.66. The van der Waals surface area contributed by atoms with Gasteiger partial charge < -0.3 is 9.47 Å². The SMILES string of the molecule is CCOC1(OCC)[NH+]=C(N)[C@]2(C#N)C3(CCCCCC3)[C@]12C#N. The van der Waals surface area contributed by atoms with E-state index in [0.29, 0.717) is 19.0 Å². The van der Waals surface area contributed by atoms with E-state index in [1.807, 2.05) is 13.8 Å². The summed E-state index contributed by atoms with van der Waals surface area (Å²) in [5.74, 6) is -0.986. The Hall–Kier alpha value is -1.63. The molecule has 0 saturated heterocycles. The normalized spacial score (nSPS) is 36.4. The lowest BCUT2D eigenvalue weighted by Gasteiger charge is -2.32. The third-order valence-electron chi connectivity index (χ3n) is 6.12. The topological polar surface area (TPSA) is 106 Å². The average molecular weight is 317 g/mol. The Morgan fingerprint density at radius 3 is 2.04 bits per heavy atom. The summed E-state index contributed by atoms with van der Waals surface area (Å²) in [6.07, 6.45) is 5.92. The number of nitriles is 2. The van der Waals surface area contributed by atoms with Crippen LogP contribution in [0.5, 0.6) is 0 Å². The van der Waals surface area contributed by atoms with Gasteiger partial charge in [-0.25, -0.2) is 4.99 Å². The van der Waals surface area contributed by atoms with Crippen LogP contribution in [0.1, 0.15) is 52.4 Å². The van der Waals surface area contributed by atoms with Crippen molar-refractivity contribution in [2.75, 3.05) is 13.2 Å². The van der Waals surface area contributed by atoms with Gasteiger partial charge in [0.15, 0.2) is 10.8 Å². The molecule has 2 aliphatic carbocycles. The van der Waals surface area contributed by atoms with Crippen molar-refractivity contribution in [1.29, 1.82) is 10.5 Å². The van der Waals surface area contributed by atoms with Crippen LogP contribution in [0, 0.1) is 38.9 Å². The lowest BCUT2D eigenvalue weighted by Crippen LogP contribution is -2.91. The van der Waals surface area contributed by atoms with Gasteiger partial charge in [0.05, 0.1) is 25.4 Å². The first-order chi connectivity index (χ1) is 11.1. The van der Waals surface area contributed by atoms with Crippen molar-refractivity contribution in [3.05, 3.63) is 0 Å². The highest BCUT2D eigenvalue weighted by atomic mass is 16.7. The van der Waals surface area contributed by atoms with Crippen molar-refractivity contribution in [2.45, 2.75) is 58.3 Å². The summed E-state index contributed by atoms with van der Waals surface area (Å²) in [6, 6.07) is 4.86.